The first-order valence-electron chi connectivity index (χ1n) is 7.92. The van der Waals surface area contributed by atoms with Crippen LogP contribution in [0.4, 0.5) is 0 Å². The highest BCUT2D eigenvalue weighted by Gasteiger charge is 2.29. The van der Waals surface area contributed by atoms with Gasteiger partial charge in [-0.2, -0.15) is 0 Å². The third-order valence-electron chi connectivity index (χ3n) is 4.17. The summed E-state index contributed by atoms with van der Waals surface area (Å²) in [7, 11) is 0. The molecule has 5 nitrogen and oxygen atoms in total. The van der Waals surface area contributed by atoms with Crippen LogP contribution < -0.4 is 0 Å². The fourth-order valence-electron chi connectivity index (χ4n) is 2.96. The lowest BCUT2D eigenvalue weighted by Crippen LogP contribution is -2.38. The van der Waals surface area contributed by atoms with Gasteiger partial charge in [0.1, 0.15) is 0 Å². The first-order chi connectivity index (χ1) is 11.7. The summed E-state index contributed by atoms with van der Waals surface area (Å²) in [5.41, 5.74) is 1.13. The zero-order valence-electron chi connectivity index (χ0n) is 13.3. The predicted octanol–water partition coefficient (Wildman–Crippen LogP) is 4.19. The number of hydrogen-bond donors (Lipinski definition) is 0. The molecule has 1 atom stereocenters. The summed E-state index contributed by atoms with van der Waals surface area (Å²) in [6.07, 6.45) is 1.93. The van der Waals surface area contributed by atoms with Crippen LogP contribution in [0.5, 0.6) is 0 Å². The van der Waals surface area contributed by atoms with Gasteiger partial charge in [-0.05, 0) is 48.2 Å². The Labute approximate surface area is 147 Å². The van der Waals surface area contributed by atoms with Crippen molar-refractivity contribution in [2.45, 2.75) is 25.7 Å². The molecule has 7 heteroatoms. The van der Waals surface area contributed by atoms with Crippen molar-refractivity contribution in [2.24, 2.45) is 0 Å². The van der Waals surface area contributed by atoms with Gasteiger partial charge < -0.3 is 9.32 Å². The summed E-state index contributed by atoms with van der Waals surface area (Å²) < 4.78 is 5.86. The monoisotopic (exact) mass is 359 g/mol. The Hall–Kier alpha value is -1.99. The van der Waals surface area contributed by atoms with E-state index in [2.05, 4.69) is 10.2 Å². The van der Waals surface area contributed by atoms with Gasteiger partial charge in [-0.15, -0.1) is 32.9 Å². The molecule has 1 aliphatic heterocycles. The van der Waals surface area contributed by atoms with Gasteiger partial charge in [0.2, 0.25) is 5.89 Å². The maximum atomic E-state index is 12.7. The lowest BCUT2D eigenvalue weighted by atomic mass is 9.98. The van der Waals surface area contributed by atoms with E-state index in [1.165, 1.54) is 11.3 Å². The minimum Gasteiger partial charge on any atom is -0.420 e. The molecule has 0 saturated carbocycles. The molecule has 4 heterocycles. The molecule has 0 N–H and O–H groups in total. The molecular weight excluding hydrogens is 342 g/mol. The van der Waals surface area contributed by atoms with E-state index in [1.54, 1.807) is 11.3 Å². The molecule has 0 aliphatic carbocycles. The fraction of sp³-hybridized carbons (Fsp3) is 0.353. The molecule has 1 aliphatic rings. The number of carbonyl (C=O) groups excluding carboxylic acids is 1. The zero-order valence-corrected chi connectivity index (χ0v) is 14.9. The van der Waals surface area contributed by atoms with Crippen molar-refractivity contribution in [1.29, 1.82) is 0 Å². The summed E-state index contributed by atoms with van der Waals surface area (Å²) in [5, 5.41) is 12.4. The minimum atomic E-state index is 0.107. The van der Waals surface area contributed by atoms with Crippen molar-refractivity contribution in [3.05, 3.63) is 45.3 Å². The number of amides is 1. The molecule has 0 spiro atoms. The minimum absolute atomic E-state index is 0.107. The average molecular weight is 359 g/mol. The Balaban J connectivity index is 1.50. The van der Waals surface area contributed by atoms with E-state index in [9.17, 15) is 4.79 Å². The molecule has 4 rings (SSSR count). The number of carbonyl (C=O) groups is 1. The topological polar surface area (TPSA) is 59.2 Å². The SMILES string of the molecule is Cc1csc(C(=O)N2CCCC(c3nnc(-c4cccs4)o3)C2)c1. The number of likely N-dealkylation sites (tertiary alicyclic amines) is 1. The number of piperidine rings is 1. The second kappa shape index (κ2) is 6.49. The summed E-state index contributed by atoms with van der Waals surface area (Å²) in [5.74, 6) is 1.43. The zero-order chi connectivity index (χ0) is 16.5. The molecule has 1 saturated heterocycles. The predicted molar refractivity (Wildman–Crippen MR) is 94.5 cm³/mol. The maximum absolute atomic E-state index is 12.7. The molecule has 0 radical (unpaired) electrons. The smallest absolute Gasteiger partial charge is 0.263 e. The molecule has 24 heavy (non-hydrogen) atoms. The fourth-order valence-corrected chi connectivity index (χ4v) is 4.47. The van der Waals surface area contributed by atoms with Crippen LogP contribution in [0.3, 0.4) is 0 Å². The van der Waals surface area contributed by atoms with Crippen molar-refractivity contribution in [3.8, 4) is 10.8 Å². The Kier molecular flexibility index (Phi) is 4.20. The number of rotatable bonds is 3. The molecule has 3 aromatic rings. The van der Waals surface area contributed by atoms with E-state index in [4.69, 9.17) is 4.42 Å². The second-order valence-electron chi connectivity index (χ2n) is 6.00. The van der Waals surface area contributed by atoms with Crippen molar-refractivity contribution < 1.29 is 9.21 Å². The van der Waals surface area contributed by atoms with Crippen LogP contribution in [0.2, 0.25) is 0 Å². The molecule has 1 unspecified atom stereocenters. The third-order valence-corrected chi connectivity index (χ3v) is 6.07. The highest BCUT2D eigenvalue weighted by molar-refractivity contribution is 7.13. The van der Waals surface area contributed by atoms with Gasteiger partial charge in [0, 0.05) is 13.1 Å². The summed E-state index contributed by atoms with van der Waals surface area (Å²) >= 11 is 3.09. The number of aromatic nitrogens is 2. The molecule has 3 aromatic heterocycles. The summed E-state index contributed by atoms with van der Waals surface area (Å²) in [4.78, 5) is 16.3. The Morgan fingerprint density at radius 2 is 2.29 bits per heavy atom. The third kappa shape index (κ3) is 3.01. The average Bonchev–Trinajstić information content (AvgIpc) is 3.35. The normalized spacial score (nSPS) is 18.0. The first-order valence-corrected chi connectivity index (χ1v) is 9.68. The van der Waals surface area contributed by atoms with Gasteiger partial charge in [-0.1, -0.05) is 6.07 Å². The maximum Gasteiger partial charge on any atom is 0.263 e. The van der Waals surface area contributed by atoms with Crippen LogP contribution >= 0.6 is 22.7 Å². The van der Waals surface area contributed by atoms with Crippen molar-refractivity contribution in [3.63, 3.8) is 0 Å². The van der Waals surface area contributed by atoms with Crippen LogP contribution in [0.1, 0.15) is 39.9 Å². The van der Waals surface area contributed by atoms with E-state index in [0.29, 0.717) is 18.3 Å². The molecule has 1 amide bonds. The van der Waals surface area contributed by atoms with Gasteiger partial charge >= 0.3 is 0 Å². The largest absolute Gasteiger partial charge is 0.420 e. The number of nitrogens with zero attached hydrogens (tertiary/aromatic N) is 3. The van der Waals surface area contributed by atoms with Crippen molar-refractivity contribution in [2.75, 3.05) is 13.1 Å². The Morgan fingerprint density at radius 3 is 3.04 bits per heavy atom. The van der Waals surface area contributed by atoms with Gasteiger partial charge in [-0.3, -0.25) is 4.79 Å². The number of hydrogen-bond acceptors (Lipinski definition) is 6. The summed E-state index contributed by atoms with van der Waals surface area (Å²) in [6, 6.07) is 5.89. The molecule has 1 fully saturated rings. The Morgan fingerprint density at radius 1 is 1.38 bits per heavy atom. The lowest BCUT2D eigenvalue weighted by molar-refractivity contribution is 0.0703. The molecule has 124 valence electrons. The molecule has 0 aromatic carbocycles. The molecule has 0 bridgehead atoms. The Bertz CT molecular complexity index is 838. The van der Waals surface area contributed by atoms with E-state index < -0.39 is 0 Å². The second-order valence-corrected chi connectivity index (χ2v) is 7.86. The van der Waals surface area contributed by atoms with Crippen LogP contribution in [-0.4, -0.2) is 34.1 Å². The van der Waals surface area contributed by atoms with Gasteiger partial charge in [-0.25, -0.2) is 0 Å². The van der Waals surface area contributed by atoms with E-state index >= 15 is 0 Å². The van der Waals surface area contributed by atoms with Gasteiger partial charge in [0.05, 0.1) is 15.7 Å². The quantitative estimate of drug-likeness (QED) is 0.704. The van der Waals surface area contributed by atoms with Crippen molar-refractivity contribution in [1.82, 2.24) is 15.1 Å². The molecular formula is C17H17N3O2S2. The van der Waals surface area contributed by atoms with Gasteiger partial charge in [0.15, 0.2) is 0 Å². The van der Waals surface area contributed by atoms with E-state index in [-0.39, 0.29) is 11.8 Å². The van der Waals surface area contributed by atoms with Crippen LogP contribution in [0.15, 0.2) is 33.4 Å². The number of thiophene rings is 2. The highest BCUT2D eigenvalue weighted by atomic mass is 32.1. The lowest BCUT2D eigenvalue weighted by Gasteiger charge is -2.30. The van der Waals surface area contributed by atoms with Crippen molar-refractivity contribution >= 4 is 28.6 Å². The van der Waals surface area contributed by atoms with E-state index in [0.717, 1.165) is 34.7 Å². The van der Waals surface area contributed by atoms with Crippen LogP contribution in [0, 0.1) is 6.92 Å². The highest BCUT2D eigenvalue weighted by Crippen LogP contribution is 2.31. The summed E-state index contributed by atoms with van der Waals surface area (Å²) in [6.45, 7) is 3.44. The number of aryl methyl sites for hydroxylation is 1. The van der Waals surface area contributed by atoms with Gasteiger partial charge in [0.25, 0.3) is 11.8 Å². The van der Waals surface area contributed by atoms with Crippen LogP contribution in [-0.2, 0) is 0 Å². The van der Waals surface area contributed by atoms with E-state index in [1.807, 2.05) is 40.8 Å². The van der Waals surface area contributed by atoms with Crippen LogP contribution in [0.25, 0.3) is 10.8 Å². The standard InChI is InChI=1S/C17H17N3O2S2/c1-11-8-14(24-10-11)17(21)20-6-2-4-12(9-20)15-18-19-16(22-15)13-5-3-7-23-13/h3,5,7-8,10,12H,2,4,6,9H2,1H3. The first kappa shape index (κ1) is 15.5.